The number of amides is 1. The van der Waals surface area contributed by atoms with Crippen molar-refractivity contribution < 1.29 is 19.4 Å². The van der Waals surface area contributed by atoms with Gasteiger partial charge in [-0.15, -0.1) is 0 Å². The Kier molecular flexibility index (Phi) is 5.49. The molecule has 2 atom stereocenters. The van der Waals surface area contributed by atoms with Gasteiger partial charge in [-0.25, -0.2) is 4.79 Å². The summed E-state index contributed by atoms with van der Waals surface area (Å²) in [7, 11) is 1.39. The zero-order chi connectivity index (χ0) is 22.3. The maximum absolute atomic E-state index is 12.9. The Labute approximate surface area is 188 Å². The number of β-amino-alcohol motifs (C(OH)–C–C–N with tert-alkyl or cyclic N) is 1. The third-order valence-electron chi connectivity index (χ3n) is 7.02. The Balaban J connectivity index is 1.32. The molecule has 32 heavy (non-hydrogen) atoms. The van der Waals surface area contributed by atoms with E-state index in [0.717, 1.165) is 31.6 Å². The average Bonchev–Trinajstić information content (AvgIpc) is 3.17. The van der Waals surface area contributed by atoms with Gasteiger partial charge in [0.25, 0.3) is 5.91 Å². The third kappa shape index (κ3) is 3.81. The first-order valence-corrected chi connectivity index (χ1v) is 11.2. The average molecular weight is 436 g/mol. The molecule has 1 N–H and O–H groups in total. The van der Waals surface area contributed by atoms with Gasteiger partial charge >= 0.3 is 5.97 Å². The van der Waals surface area contributed by atoms with E-state index in [4.69, 9.17) is 4.74 Å². The molecule has 0 saturated carbocycles. The predicted octanol–water partition coefficient (Wildman–Crippen LogP) is 1.62. The highest BCUT2D eigenvalue weighted by atomic mass is 16.5. The van der Waals surface area contributed by atoms with Crippen LogP contribution < -0.4 is 0 Å². The zero-order valence-corrected chi connectivity index (χ0v) is 18.3. The fourth-order valence-electron chi connectivity index (χ4n) is 5.66. The first-order valence-electron chi connectivity index (χ1n) is 11.2. The molecule has 0 unspecified atom stereocenters. The summed E-state index contributed by atoms with van der Waals surface area (Å²) < 4.78 is 4.86. The number of nitrogens with zero attached hydrogens (tertiary/aromatic N) is 3. The van der Waals surface area contributed by atoms with Crippen molar-refractivity contribution in [2.75, 3.05) is 39.8 Å². The molecular weight excluding hydrogens is 406 g/mol. The van der Waals surface area contributed by atoms with E-state index in [2.05, 4.69) is 9.80 Å². The number of likely N-dealkylation sites (tertiary alicyclic amines) is 1. The summed E-state index contributed by atoms with van der Waals surface area (Å²) in [6.45, 7) is 4.43. The van der Waals surface area contributed by atoms with Gasteiger partial charge in [0.05, 0.1) is 24.3 Å². The van der Waals surface area contributed by atoms with Crippen molar-refractivity contribution in [3.8, 4) is 0 Å². The molecule has 3 heterocycles. The van der Waals surface area contributed by atoms with Crippen molar-refractivity contribution >= 4 is 11.9 Å². The maximum atomic E-state index is 12.9. The zero-order valence-electron chi connectivity index (χ0n) is 18.3. The van der Waals surface area contributed by atoms with Crippen LogP contribution in [0.4, 0.5) is 0 Å². The van der Waals surface area contributed by atoms with Crippen molar-refractivity contribution in [2.45, 2.75) is 30.7 Å². The largest absolute Gasteiger partial charge is 0.465 e. The molecule has 3 saturated heterocycles. The number of rotatable bonds is 4. The van der Waals surface area contributed by atoms with Crippen LogP contribution >= 0.6 is 0 Å². The van der Waals surface area contributed by atoms with Gasteiger partial charge < -0.3 is 14.7 Å². The molecule has 0 aromatic heterocycles. The third-order valence-corrected chi connectivity index (χ3v) is 7.02. The molecule has 1 amide bonds. The van der Waals surface area contributed by atoms with Crippen LogP contribution in [0.15, 0.2) is 54.6 Å². The predicted molar refractivity (Wildman–Crippen MR) is 119 cm³/mol. The highest BCUT2D eigenvalue weighted by molar-refractivity contribution is 5.95. The van der Waals surface area contributed by atoms with E-state index in [0.29, 0.717) is 30.8 Å². The van der Waals surface area contributed by atoms with Crippen LogP contribution in [0.25, 0.3) is 0 Å². The Morgan fingerprint density at radius 1 is 1.03 bits per heavy atom. The highest BCUT2D eigenvalue weighted by Crippen LogP contribution is 2.39. The van der Waals surface area contributed by atoms with E-state index in [-0.39, 0.29) is 29.6 Å². The maximum Gasteiger partial charge on any atom is 0.337 e. The van der Waals surface area contributed by atoms with Crippen LogP contribution in [0.1, 0.15) is 32.7 Å². The van der Waals surface area contributed by atoms with Crippen LogP contribution in [0.5, 0.6) is 0 Å². The summed E-state index contributed by atoms with van der Waals surface area (Å²) in [6, 6.07) is 17.3. The van der Waals surface area contributed by atoms with Crippen molar-refractivity contribution in [1.82, 2.24) is 14.7 Å². The van der Waals surface area contributed by atoms with Crippen molar-refractivity contribution in [3.05, 3.63) is 71.3 Å². The van der Waals surface area contributed by atoms with Crippen molar-refractivity contribution in [1.29, 1.82) is 0 Å². The quantitative estimate of drug-likeness (QED) is 0.736. The summed E-state index contributed by atoms with van der Waals surface area (Å²) >= 11 is 0. The lowest BCUT2D eigenvalue weighted by Crippen LogP contribution is -2.78. The molecule has 168 valence electrons. The number of hydrogen-bond donors (Lipinski definition) is 1. The lowest BCUT2D eigenvalue weighted by molar-refractivity contribution is -0.102. The number of aliphatic hydroxyl groups excluding tert-OH is 1. The summed E-state index contributed by atoms with van der Waals surface area (Å²) in [4.78, 5) is 31.6. The molecule has 3 aliphatic heterocycles. The monoisotopic (exact) mass is 435 g/mol. The van der Waals surface area contributed by atoms with E-state index in [1.54, 1.807) is 6.07 Å². The molecule has 2 aromatic carbocycles. The molecule has 3 fully saturated rings. The van der Waals surface area contributed by atoms with E-state index in [1.807, 2.05) is 53.4 Å². The van der Waals surface area contributed by atoms with Crippen molar-refractivity contribution in [3.63, 3.8) is 0 Å². The second kappa shape index (κ2) is 8.31. The molecular formula is C25H29N3O4. The second-order valence-electron chi connectivity index (χ2n) is 9.31. The number of benzene rings is 2. The molecule has 5 rings (SSSR count). The molecule has 0 bridgehead atoms. The number of piperazine rings is 1. The standard InChI is InChI=1S/C25H29N3O4/c1-32-24(31)20-9-5-6-18(10-20)12-26-13-21-11-22(29)14-28(21)25(15-26)16-27(17-25)23(30)19-7-3-2-4-8-19/h2-10,21-22,29H,11-17H2,1H3/t21-,22-/m1/s1. The molecule has 0 radical (unpaired) electrons. The van der Waals surface area contributed by atoms with E-state index < -0.39 is 0 Å². The van der Waals surface area contributed by atoms with Gasteiger partial charge in [-0.05, 0) is 36.2 Å². The first-order chi connectivity index (χ1) is 15.5. The normalized spacial score (nSPS) is 24.8. The minimum absolute atomic E-state index is 0.0652. The van der Waals surface area contributed by atoms with Crippen LogP contribution in [-0.4, -0.2) is 89.2 Å². The molecule has 3 aliphatic rings. The van der Waals surface area contributed by atoms with Gasteiger partial charge in [-0.1, -0.05) is 30.3 Å². The fraction of sp³-hybridized carbons (Fsp3) is 0.440. The second-order valence-corrected chi connectivity index (χ2v) is 9.31. The lowest BCUT2D eigenvalue weighted by atomic mass is 9.83. The van der Waals surface area contributed by atoms with Crippen LogP contribution in [0.2, 0.25) is 0 Å². The van der Waals surface area contributed by atoms with Gasteiger partial charge in [0.1, 0.15) is 0 Å². The summed E-state index contributed by atoms with van der Waals surface area (Å²) in [6.07, 6.45) is 0.436. The van der Waals surface area contributed by atoms with Crippen LogP contribution in [0.3, 0.4) is 0 Å². The van der Waals surface area contributed by atoms with E-state index >= 15 is 0 Å². The van der Waals surface area contributed by atoms with Gasteiger partial charge in [-0.2, -0.15) is 0 Å². The first kappa shape index (κ1) is 21.1. The minimum atomic E-state index is -0.332. The number of hydrogen-bond acceptors (Lipinski definition) is 6. The van der Waals surface area contributed by atoms with Crippen LogP contribution in [-0.2, 0) is 11.3 Å². The number of methoxy groups -OCH3 is 1. The number of ether oxygens (including phenoxy) is 1. The van der Waals surface area contributed by atoms with E-state index in [1.165, 1.54) is 7.11 Å². The van der Waals surface area contributed by atoms with Crippen molar-refractivity contribution in [2.24, 2.45) is 0 Å². The van der Waals surface area contributed by atoms with E-state index in [9.17, 15) is 14.7 Å². The number of fused-ring (bicyclic) bond motifs is 2. The number of esters is 1. The Hall–Kier alpha value is -2.74. The Morgan fingerprint density at radius 3 is 2.53 bits per heavy atom. The number of carbonyl (C=O) groups is 2. The number of carbonyl (C=O) groups excluding carboxylic acids is 2. The molecule has 2 aromatic rings. The molecule has 7 heteroatoms. The summed E-state index contributed by atoms with van der Waals surface area (Å²) in [5, 5.41) is 10.4. The van der Waals surface area contributed by atoms with Gasteiger partial charge in [-0.3, -0.25) is 14.6 Å². The smallest absolute Gasteiger partial charge is 0.337 e. The lowest BCUT2D eigenvalue weighted by Gasteiger charge is -2.61. The fourth-order valence-corrected chi connectivity index (χ4v) is 5.66. The number of aliphatic hydroxyl groups is 1. The van der Waals surface area contributed by atoms with Crippen LogP contribution in [0, 0.1) is 0 Å². The Bertz CT molecular complexity index is 1010. The molecule has 7 nitrogen and oxygen atoms in total. The summed E-state index contributed by atoms with van der Waals surface area (Å²) in [5.41, 5.74) is 2.20. The molecule has 0 aliphatic carbocycles. The Morgan fingerprint density at radius 2 is 1.78 bits per heavy atom. The van der Waals surface area contributed by atoms with Gasteiger partial charge in [0.15, 0.2) is 0 Å². The minimum Gasteiger partial charge on any atom is -0.465 e. The SMILES string of the molecule is COC(=O)c1cccc(CN2C[C@H]3C[C@@H](O)CN3C3(C2)CN(C(=O)c2ccccc2)C3)c1. The molecule has 1 spiro atoms. The van der Waals surface area contributed by atoms with Gasteiger partial charge in [0, 0.05) is 50.9 Å². The highest BCUT2D eigenvalue weighted by Gasteiger charge is 2.57. The van der Waals surface area contributed by atoms with Gasteiger partial charge in [0.2, 0.25) is 0 Å². The summed E-state index contributed by atoms with van der Waals surface area (Å²) in [5.74, 6) is -0.267. The topological polar surface area (TPSA) is 73.3 Å².